The molecule has 0 spiro atoms. The molecule has 0 fully saturated rings. The molecule has 64 valence electrons. The predicted octanol–water partition coefficient (Wildman–Crippen LogP) is 1.07. The van der Waals surface area contributed by atoms with Crippen LogP contribution < -0.4 is 0 Å². The van der Waals surface area contributed by atoms with Crippen molar-refractivity contribution in [1.82, 2.24) is 0 Å². The van der Waals surface area contributed by atoms with Crippen LogP contribution in [0.25, 0.3) is 0 Å². The van der Waals surface area contributed by atoms with Crippen LogP contribution in [0.3, 0.4) is 0 Å². The Morgan fingerprint density at radius 2 is 1.91 bits per heavy atom. The van der Waals surface area contributed by atoms with Gasteiger partial charge in [-0.3, -0.25) is 0 Å². The molecule has 0 aliphatic carbocycles. The van der Waals surface area contributed by atoms with Gasteiger partial charge in [-0.1, -0.05) is 6.92 Å². The van der Waals surface area contributed by atoms with Crippen molar-refractivity contribution in [2.24, 2.45) is 0 Å². The molecule has 0 saturated carbocycles. The second kappa shape index (κ2) is 3.53. The Labute approximate surface area is 67.5 Å². The van der Waals surface area contributed by atoms with E-state index in [2.05, 4.69) is 0 Å². The second-order valence-corrected chi connectivity index (χ2v) is 3.43. The highest BCUT2D eigenvalue weighted by molar-refractivity contribution is 5.86. The maximum absolute atomic E-state index is 10.5. The lowest BCUT2D eigenvalue weighted by Crippen LogP contribution is -2.28. The smallest absolute Gasteiger partial charge is 0.336 e. The molecule has 0 heterocycles. The van der Waals surface area contributed by atoms with Crippen molar-refractivity contribution < 1.29 is 14.4 Å². The first kappa shape index (κ1) is 10.2. The molecule has 0 unspecified atom stereocenters. The van der Waals surface area contributed by atoms with Gasteiger partial charge in [-0.2, -0.15) is 0 Å². The standard InChI is InChI=1S/C8H15NO2/c1-5-7(8(10)11)6-9(2,3)4/h6H,5H2,1-4H3/p+1. The summed E-state index contributed by atoms with van der Waals surface area (Å²) in [4.78, 5) is 10.5. The topological polar surface area (TPSA) is 37.3 Å². The summed E-state index contributed by atoms with van der Waals surface area (Å²) in [6, 6.07) is 0. The van der Waals surface area contributed by atoms with Crippen LogP contribution in [-0.4, -0.2) is 36.7 Å². The third kappa shape index (κ3) is 4.56. The summed E-state index contributed by atoms with van der Waals surface area (Å²) in [6.45, 7) is 1.84. The Hall–Kier alpha value is -0.830. The van der Waals surface area contributed by atoms with Gasteiger partial charge >= 0.3 is 5.97 Å². The normalized spacial score (nSPS) is 13.3. The maximum atomic E-state index is 10.5. The molecular formula is C8H16NO2+. The minimum atomic E-state index is -0.819. The fourth-order valence-corrected chi connectivity index (χ4v) is 0.765. The molecule has 0 aromatic heterocycles. The summed E-state index contributed by atoms with van der Waals surface area (Å²) in [5.41, 5.74) is 0.470. The molecule has 0 amide bonds. The molecule has 0 rings (SSSR count). The van der Waals surface area contributed by atoms with E-state index in [1.54, 1.807) is 6.20 Å². The zero-order chi connectivity index (χ0) is 9.07. The number of aliphatic carboxylic acids is 1. The summed E-state index contributed by atoms with van der Waals surface area (Å²) >= 11 is 0. The Morgan fingerprint density at radius 1 is 1.45 bits per heavy atom. The van der Waals surface area contributed by atoms with E-state index in [1.807, 2.05) is 28.1 Å². The van der Waals surface area contributed by atoms with Gasteiger partial charge in [-0.05, 0) is 6.42 Å². The molecule has 1 N–H and O–H groups in total. The Bertz CT molecular complexity index is 177. The molecule has 0 aliphatic rings. The Balaban J connectivity index is 4.49. The molecule has 0 aliphatic heterocycles. The van der Waals surface area contributed by atoms with E-state index < -0.39 is 5.97 Å². The van der Waals surface area contributed by atoms with Crippen LogP contribution >= 0.6 is 0 Å². The number of carbonyl (C=O) groups is 1. The molecule has 0 radical (unpaired) electrons. The van der Waals surface area contributed by atoms with Crippen LogP contribution in [0.2, 0.25) is 0 Å². The van der Waals surface area contributed by atoms with Crippen molar-refractivity contribution in [3.05, 3.63) is 11.8 Å². The zero-order valence-electron chi connectivity index (χ0n) is 7.59. The van der Waals surface area contributed by atoms with Gasteiger partial charge in [0.1, 0.15) is 6.20 Å². The average molecular weight is 158 g/mol. The lowest BCUT2D eigenvalue weighted by Gasteiger charge is -2.18. The number of carboxylic acid groups (broad SMARTS) is 1. The summed E-state index contributed by atoms with van der Waals surface area (Å²) < 4.78 is 0.551. The largest absolute Gasteiger partial charge is 0.478 e. The van der Waals surface area contributed by atoms with Crippen LogP contribution in [0.1, 0.15) is 13.3 Å². The quantitative estimate of drug-likeness (QED) is 0.493. The van der Waals surface area contributed by atoms with Gasteiger partial charge < -0.3 is 9.59 Å². The van der Waals surface area contributed by atoms with Gasteiger partial charge in [0.05, 0.1) is 26.7 Å². The molecule has 0 saturated heterocycles. The van der Waals surface area contributed by atoms with Crippen LogP contribution in [-0.2, 0) is 4.79 Å². The molecular weight excluding hydrogens is 142 g/mol. The average Bonchev–Trinajstić information content (AvgIpc) is 1.80. The van der Waals surface area contributed by atoms with Gasteiger partial charge in [0.2, 0.25) is 0 Å². The molecule has 3 nitrogen and oxygen atoms in total. The van der Waals surface area contributed by atoms with Gasteiger partial charge in [-0.25, -0.2) is 4.79 Å². The van der Waals surface area contributed by atoms with Crippen molar-refractivity contribution in [2.75, 3.05) is 21.1 Å². The van der Waals surface area contributed by atoms with Gasteiger partial charge in [0.25, 0.3) is 0 Å². The van der Waals surface area contributed by atoms with Crippen molar-refractivity contribution in [1.29, 1.82) is 0 Å². The van der Waals surface area contributed by atoms with Crippen LogP contribution in [0, 0.1) is 0 Å². The predicted molar refractivity (Wildman–Crippen MR) is 44.0 cm³/mol. The van der Waals surface area contributed by atoms with E-state index in [0.717, 1.165) is 0 Å². The van der Waals surface area contributed by atoms with Crippen molar-refractivity contribution >= 4 is 5.97 Å². The summed E-state index contributed by atoms with van der Waals surface area (Å²) in [6.07, 6.45) is 2.31. The summed E-state index contributed by atoms with van der Waals surface area (Å²) in [5, 5.41) is 8.66. The fraction of sp³-hybridized carbons (Fsp3) is 0.625. The number of hydrogen-bond donors (Lipinski definition) is 1. The van der Waals surface area contributed by atoms with E-state index >= 15 is 0 Å². The highest BCUT2D eigenvalue weighted by Crippen LogP contribution is 2.04. The van der Waals surface area contributed by atoms with E-state index in [9.17, 15) is 4.79 Å². The Morgan fingerprint density at radius 3 is 2.00 bits per heavy atom. The number of nitrogens with zero attached hydrogens (tertiary/aromatic N) is 1. The monoisotopic (exact) mass is 158 g/mol. The van der Waals surface area contributed by atoms with Crippen molar-refractivity contribution in [3.63, 3.8) is 0 Å². The Kier molecular flexibility index (Phi) is 3.26. The van der Waals surface area contributed by atoms with Crippen LogP contribution in [0.15, 0.2) is 11.8 Å². The molecule has 0 aromatic carbocycles. The van der Waals surface area contributed by atoms with Gasteiger partial charge in [-0.15, -0.1) is 0 Å². The first-order valence-electron chi connectivity index (χ1n) is 3.63. The second-order valence-electron chi connectivity index (χ2n) is 3.43. The highest BCUT2D eigenvalue weighted by atomic mass is 16.4. The van der Waals surface area contributed by atoms with Crippen LogP contribution in [0.5, 0.6) is 0 Å². The third-order valence-electron chi connectivity index (χ3n) is 1.20. The van der Waals surface area contributed by atoms with E-state index in [4.69, 9.17) is 5.11 Å². The third-order valence-corrected chi connectivity index (χ3v) is 1.20. The number of rotatable bonds is 3. The maximum Gasteiger partial charge on any atom is 0.336 e. The van der Waals surface area contributed by atoms with Crippen LogP contribution in [0.4, 0.5) is 0 Å². The fourth-order valence-electron chi connectivity index (χ4n) is 0.765. The first-order valence-corrected chi connectivity index (χ1v) is 3.63. The van der Waals surface area contributed by atoms with E-state index in [0.29, 0.717) is 16.5 Å². The number of hydrogen-bond acceptors (Lipinski definition) is 1. The van der Waals surface area contributed by atoms with Gasteiger partial charge in [0, 0.05) is 0 Å². The molecule has 0 bridgehead atoms. The van der Waals surface area contributed by atoms with Crippen molar-refractivity contribution in [3.8, 4) is 0 Å². The number of quaternary nitrogens is 1. The van der Waals surface area contributed by atoms with E-state index in [1.165, 1.54) is 0 Å². The molecule has 0 atom stereocenters. The zero-order valence-corrected chi connectivity index (χ0v) is 7.59. The highest BCUT2D eigenvalue weighted by Gasteiger charge is 2.11. The van der Waals surface area contributed by atoms with Crippen molar-refractivity contribution in [2.45, 2.75) is 13.3 Å². The lowest BCUT2D eigenvalue weighted by molar-refractivity contribution is -0.817. The lowest BCUT2D eigenvalue weighted by atomic mass is 10.2. The minimum absolute atomic E-state index is 0.470. The van der Waals surface area contributed by atoms with E-state index in [-0.39, 0.29) is 0 Å². The minimum Gasteiger partial charge on any atom is -0.478 e. The number of carboxylic acids is 1. The summed E-state index contributed by atoms with van der Waals surface area (Å²) in [5.74, 6) is -0.819. The molecule has 3 heteroatoms. The first-order chi connectivity index (χ1) is 4.87. The molecule has 11 heavy (non-hydrogen) atoms. The SMILES string of the molecule is CCC(=C[N+](C)(C)C)C(=O)O. The van der Waals surface area contributed by atoms with Gasteiger partial charge in [0.15, 0.2) is 0 Å². The summed E-state index contributed by atoms with van der Waals surface area (Å²) in [7, 11) is 5.79. The molecule has 0 aromatic rings.